The molecule has 1 aliphatic rings. The molecule has 0 aromatic carbocycles. The molecule has 5 heteroatoms. The molecule has 0 radical (unpaired) electrons. The monoisotopic (exact) mass is 324 g/mol. The van der Waals surface area contributed by atoms with Crippen molar-refractivity contribution < 1.29 is 14.3 Å². The summed E-state index contributed by atoms with van der Waals surface area (Å²) in [4.78, 5) is 18.9. The SMILES string of the molecule is CC(C)(O)C#Cc1ccc(C(=O)N2CCCC2c2ccccn2)o1. The van der Waals surface area contributed by atoms with Gasteiger partial charge in [-0.25, -0.2) is 0 Å². The summed E-state index contributed by atoms with van der Waals surface area (Å²) < 4.78 is 5.54. The highest BCUT2D eigenvalue weighted by Crippen LogP contribution is 2.32. The molecule has 0 spiro atoms. The van der Waals surface area contributed by atoms with Gasteiger partial charge in [0, 0.05) is 12.7 Å². The van der Waals surface area contributed by atoms with E-state index in [1.54, 1.807) is 37.1 Å². The Hall–Kier alpha value is -2.58. The molecule has 124 valence electrons. The summed E-state index contributed by atoms with van der Waals surface area (Å²) in [5, 5.41) is 9.63. The molecule has 1 fully saturated rings. The molecule has 3 heterocycles. The van der Waals surface area contributed by atoms with Crippen LogP contribution >= 0.6 is 0 Å². The maximum atomic E-state index is 12.8. The van der Waals surface area contributed by atoms with E-state index in [-0.39, 0.29) is 17.7 Å². The first-order chi connectivity index (χ1) is 11.4. The van der Waals surface area contributed by atoms with E-state index < -0.39 is 5.60 Å². The molecular formula is C19H20N2O3. The van der Waals surface area contributed by atoms with Crippen molar-refractivity contribution in [1.82, 2.24) is 9.88 Å². The summed E-state index contributed by atoms with van der Waals surface area (Å²) in [5.41, 5.74) is -0.201. The van der Waals surface area contributed by atoms with Crippen LogP contribution in [0, 0.1) is 11.8 Å². The molecule has 24 heavy (non-hydrogen) atoms. The summed E-state index contributed by atoms with van der Waals surface area (Å²) in [6.07, 6.45) is 3.58. The Bertz CT molecular complexity index is 778. The summed E-state index contributed by atoms with van der Waals surface area (Å²) in [7, 11) is 0. The van der Waals surface area contributed by atoms with E-state index in [4.69, 9.17) is 4.42 Å². The molecule has 1 unspecified atom stereocenters. The van der Waals surface area contributed by atoms with Gasteiger partial charge in [0.05, 0.1) is 11.7 Å². The highest BCUT2D eigenvalue weighted by atomic mass is 16.4. The van der Waals surface area contributed by atoms with Gasteiger partial charge < -0.3 is 14.4 Å². The minimum absolute atomic E-state index is 0.0188. The molecule has 3 rings (SSSR count). The summed E-state index contributed by atoms with van der Waals surface area (Å²) in [6, 6.07) is 9.00. The van der Waals surface area contributed by atoms with Crippen molar-refractivity contribution in [3.05, 3.63) is 53.7 Å². The van der Waals surface area contributed by atoms with Crippen molar-refractivity contribution in [3.8, 4) is 11.8 Å². The highest BCUT2D eigenvalue weighted by Gasteiger charge is 2.32. The lowest BCUT2D eigenvalue weighted by atomic mass is 10.1. The van der Waals surface area contributed by atoms with Gasteiger partial charge in [-0.15, -0.1) is 0 Å². The Kier molecular flexibility index (Phi) is 4.41. The fraction of sp³-hybridized carbons (Fsp3) is 0.368. The zero-order valence-electron chi connectivity index (χ0n) is 13.8. The molecule has 1 amide bonds. The van der Waals surface area contributed by atoms with Crippen molar-refractivity contribution in [2.24, 2.45) is 0 Å². The predicted molar refractivity (Wildman–Crippen MR) is 89.1 cm³/mol. The normalized spacial score (nSPS) is 17.5. The number of rotatable bonds is 2. The minimum Gasteiger partial charge on any atom is -0.443 e. The van der Waals surface area contributed by atoms with Crippen molar-refractivity contribution in [1.29, 1.82) is 0 Å². The first-order valence-corrected chi connectivity index (χ1v) is 8.01. The summed E-state index contributed by atoms with van der Waals surface area (Å²) >= 11 is 0. The molecule has 2 aromatic rings. The topological polar surface area (TPSA) is 66.6 Å². The van der Waals surface area contributed by atoms with E-state index in [9.17, 15) is 9.90 Å². The van der Waals surface area contributed by atoms with E-state index in [2.05, 4.69) is 16.8 Å². The molecule has 1 saturated heterocycles. The Morgan fingerprint density at radius 3 is 2.92 bits per heavy atom. The number of nitrogens with zero attached hydrogens (tertiary/aromatic N) is 2. The lowest BCUT2D eigenvalue weighted by Crippen LogP contribution is -2.30. The number of furan rings is 1. The number of carbonyl (C=O) groups is 1. The van der Waals surface area contributed by atoms with E-state index in [1.807, 2.05) is 18.2 Å². The molecule has 1 aliphatic heterocycles. The number of aromatic nitrogens is 1. The molecule has 1 N–H and O–H groups in total. The zero-order chi connectivity index (χ0) is 17.2. The second kappa shape index (κ2) is 6.50. The van der Waals surface area contributed by atoms with Crippen LogP contribution in [0.15, 0.2) is 40.9 Å². The number of likely N-dealkylation sites (tertiary alicyclic amines) is 1. The summed E-state index contributed by atoms with van der Waals surface area (Å²) in [6.45, 7) is 3.87. The first kappa shape index (κ1) is 16.3. The first-order valence-electron chi connectivity index (χ1n) is 8.01. The van der Waals surface area contributed by atoms with Crippen LogP contribution in [-0.4, -0.2) is 33.0 Å². The molecule has 0 saturated carbocycles. The van der Waals surface area contributed by atoms with E-state index in [1.165, 1.54) is 0 Å². The predicted octanol–water partition coefficient (Wildman–Crippen LogP) is 2.77. The van der Waals surface area contributed by atoms with Crippen LogP contribution in [-0.2, 0) is 0 Å². The van der Waals surface area contributed by atoms with Crippen LogP contribution in [0.4, 0.5) is 0 Å². The third-order valence-electron chi connectivity index (χ3n) is 3.85. The van der Waals surface area contributed by atoms with Gasteiger partial charge in [-0.3, -0.25) is 9.78 Å². The van der Waals surface area contributed by atoms with Crippen LogP contribution in [0.3, 0.4) is 0 Å². The minimum atomic E-state index is -1.10. The molecular weight excluding hydrogens is 304 g/mol. The zero-order valence-corrected chi connectivity index (χ0v) is 13.8. The number of pyridine rings is 1. The second-order valence-electron chi connectivity index (χ2n) is 6.38. The fourth-order valence-electron chi connectivity index (χ4n) is 2.77. The molecule has 0 aliphatic carbocycles. The van der Waals surface area contributed by atoms with Crippen molar-refractivity contribution >= 4 is 5.91 Å². The van der Waals surface area contributed by atoms with Crippen LogP contribution in [0.5, 0.6) is 0 Å². The number of hydrogen-bond acceptors (Lipinski definition) is 4. The molecule has 2 aromatic heterocycles. The van der Waals surface area contributed by atoms with Gasteiger partial charge in [-0.2, -0.15) is 0 Å². The Labute approximate surface area is 141 Å². The van der Waals surface area contributed by atoms with Gasteiger partial charge in [0.1, 0.15) is 5.60 Å². The van der Waals surface area contributed by atoms with Crippen molar-refractivity contribution in [2.75, 3.05) is 6.54 Å². The maximum absolute atomic E-state index is 12.8. The lowest BCUT2D eigenvalue weighted by molar-refractivity contribution is 0.0700. The fourth-order valence-corrected chi connectivity index (χ4v) is 2.77. The van der Waals surface area contributed by atoms with E-state index in [0.29, 0.717) is 12.3 Å². The largest absolute Gasteiger partial charge is 0.443 e. The van der Waals surface area contributed by atoms with Crippen molar-refractivity contribution in [2.45, 2.75) is 38.3 Å². The highest BCUT2D eigenvalue weighted by molar-refractivity contribution is 5.92. The maximum Gasteiger partial charge on any atom is 0.290 e. The summed E-state index contributed by atoms with van der Waals surface area (Å²) in [5.74, 6) is 5.89. The second-order valence-corrected chi connectivity index (χ2v) is 6.38. The Morgan fingerprint density at radius 1 is 1.38 bits per heavy atom. The smallest absolute Gasteiger partial charge is 0.290 e. The van der Waals surface area contributed by atoms with Gasteiger partial charge in [-0.1, -0.05) is 12.0 Å². The van der Waals surface area contributed by atoms with Gasteiger partial charge >= 0.3 is 0 Å². The third kappa shape index (κ3) is 3.66. The number of amides is 1. The van der Waals surface area contributed by atoms with Crippen LogP contribution in [0.2, 0.25) is 0 Å². The molecule has 0 bridgehead atoms. The van der Waals surface area contributed by atoms with E-state index >= 15 is 0 Å². The lowest BCUT2D eigenvalue weighted by Gasteiger charge is -2.23. The average Bonchev–Trinajstić information content (AvgIpc) is 3.22. The van der Waals surface area contributed by atoms with Crippen LogP contribution in [0.1, 0.15) is 54.7 Å². The number of carbonyl (C=O) groups excluding carboxylic acids is 1. The van der Waals surface area contributed by atoms with Gasteiger partial charge in [0.25, 0.3) is 5.91 Å². The average molecular weight is 324 g/mol. The Balaban J connectivity index is 1.79. The third-order valence-corrected chi connectivity index (χ3v) is 3.85. The van der Waals surface area contributed by atoms with Gasteiger partial charge in [-0.05, 0) is 56.9 Å². The van der Waals surface area contributed by atoms with E-state index in [0.717, 1.165) is 18.5 Å². The van der Waals surface area contributed by atoms with Gasteiger partial charge in [0.2, 0.25) is 0 Å². The van der Waals surface area contributed by atoms with Crippen molar-refractivity contribution in [3.63, 3.8) is 0 Å². The van der Waals surface area contributed by atoms with Gasteiger partial charge in [0.15, 0.2) is 11.5 Å². The molecule has 5 nitrogen and oxygen atoms in total. The standard InChI is InChI=1S/C19H20N2O3/c1-19(2,23)11-10-14-8-9-17(24-14)18(22)21-13-5-7-16(21)15-6-3-4-12-20-15/h3-4,6,8-9,12,16,23H,5,7,13H2,1-2H3. The van der Waals surface area contributed by atoms with Crippen LogP contribution < -0.4 is 0 Å². The van der Waals surface area contributed by atoms with Crippen LogP contribution in [0.25, 0.3) is 0 Å². The number of hydrogen-bond donors (Lipinski definition) is 1. The number of aliphatic hydroxyl groups is 1. The Morgan fingerprint density at radius 2 is 2.21 bits per heavy atom. The quantitative estimate of drug-likeness (QED) is 0.863. The molecule has 1 atom stereocenters.